The van der Waals surface area contributed by atoms with Crippen molar-refractivity contribution in [1.29, 1.82) is 0 Å². The lowest BCUT2D eigenvalue weighted by Crippen LogP contribution is -2.27. The molecule has 1 aliphatic heterocycles. The van der Waals surface area contributed by atoms with Gasteiger partial charge in [0, 0.05) is 10.2 Å². The fraction of sp³-hybridized carbons (Fsp3) is 0.774. The number of benzene rings is 1. The predicted octanol–water partition coefficient (Wildman–Crippen LogP) is 11.3. The van der Waals surface area contributed by atoms with Gasteiger partial charge in [-0.25, -0.2) is 0 Å². The Kier molecular flexibility index (Phi) is 8.33. The molecule has 0 saturated carbocycles. The Morgan fingerprint density at radius 2 is 1.06 bits per heavy atom. The molecule has 1 aromatic rings. The summed E-state index contributed by atoms with van der Waals surface area (Å²) in [7, 11) is 1.58. The zero-order chi connectivity index (χ0) is 26.5. The third-order valence-corrected chi connectivity index (χ3v) is 17.1. The van der Waals surface area contributed by atoms with Crippen LogP contribution in [0.5, 0.6) is 0 Å². The highest BCUT2D eigenvalue weighted by Gasteiger charge is 2.55. The molecule has 194 valence electrons. The zero-order valence-electron chi connectivity index (χ0n) is 25.3. The summed E-state index contributed by atoms with van der Waals surface area (Å²) >= 11 is 0. The average molecular weight is 504 g/mol. The van der Waals surface area contributed by atoms with Crippen LogP contribution in [-0.4, -0.2) is 10.2 Å². The maximum Gasteiger partial charge on any atom is 0.0642 e. The lowest BCUT2D eigenvalue weighted by molar-refractivity contribution is 0.520. The summed E-state index contributed by atoms with van der Waals surface area (Å²) in [6, 6.07) is 5.02. The van der Waals surface area contributed by atoms with E-state index in [1.165, 1.54) is 41.5 Å². The largest absolute Gasteiger partial charge is 0.285 e. The third-order valence-electron chi connectivity index (χ3n) is 7.97. The number of hydrogen-bond acceptors (Lipinski definition) is 1. The van der Waals surface area contributed by atoms with Crippen molar-refractivity contribution < 1.29 is 0 Å². The lowest BCUT2D eigenvalue weighted by atomic mass is 9.72. The molecule has 2 rings (SSSR count). The maximum atomic E-state index is 5.87. The molecule has 0 N–H and O–H groups in total. The first-order valence-electron chi connectivity index (χ1n) is 13.6. The highest BCUT2D eigenvalue weighted by atomic mass is 32.1. The summed E-state index contributed by atoms with van der Waals surface area (Å²) in [4.78, 5) is 0. The first-order valence-corrected chi connectivity index (χ1v) is 16.9. The number of rotatable bonds is 6. The van der Waals surface area contributed by atoms with Crippen molar-refractivity contribution in [3.63, 3.8) is 0 Å². The average Bonchev–Trinajstić information content (AvgIpc) is 3.42. The molecular formula is C31H55NP2. The Morgan fingerprint density at radius 1 is 0.647 bits per heavy atom. The summed E-state index contributed by atoms with van der Waals surface area (Å²) in [6.45, 7) is 35.2. The van der Waals surface area contributed by atoms with Crippen LogP contribution in [0.25, 0.3) is 0 Å². The maximum absolute atomic E-state index is 5.87. The standard InChI is InChI=1S/C31H55NP2/c1-16-31(17-2,18-3)34(26(33-34)30(13,14)15)32-21-23-24(28(7,8)9)19-22(27(4,5)6)20-25(23)29(10,11)12/h19-20H,16-18,21H2,1-15H3. The van der Waals surface area contributed by atoms with E-state index in [2.05, 4.69) is 116 Å². The monoisotopic (exact) mass is 503 g/mol. The first-order chi connectivity index (χ1) is 15.2. The van der Waals surface area contributed by atoms with Crippen LogP contribution in [-0.2, 0) is 22.8 Å². The van der Waals surface area contributed by atoms with Crippen LogP contribution >= 0.6 is 14.6 Å². The Morgan fingerprint density at radius 3 is 1.32 bits per heavy atom. The smallest absolute Gasteiger partial charge is 0.0642 e. The molecule has 0 bridgehead atoms. The van der Waals surface area contributed by atoms with Crippen molar-refractivity contribution in [2.24, 2.45) is 10.2 Å². The molecule has 0 amide bonds. The molecule has 1 heterocycles. The van der Waals surface area contributed by atoms with E-state index in [0.29, 0.717) is 5.16 Å². The van der Waals surface area contributed by atoms with Crippen LogP contribution in [0.4, 0.5) is 0 Å². The van der Waals surface area contributed by atoms with E-state index in [1.54, 1.807) is 12.9 Å². The van der Waals surface area contributed by atoms with Gasteiger partial charge in [0.05, 0.1) is 13.3 Å². The SMILES string of the molecule is CCC(CC)(CC)P1(=NCc2c(C(C)(C)C)cc(C(C)(C)C)cc2C(C)(C)C)P=C1C(C)(C)C. The second-order valence-electron chi connectivity index (χ2n) is 14.7. The van der Waals surface area contributed by atoms with Gasteiger partial charge in [-0.3, -0.25) is 4.74 Å². The molecule has 1 aliphatic rings. The molecule has 0 radical (unpaired) electrons. The highest BCUT2D eigenvalue weighted by molar-refractivity contribution is 8.51. The minimum absolute atomic E-state index is 0.0902. The summed E-state index contributed by atoms with van der Waals surface area (Å²) in [5.74, 6) is 0. The minimum atomic E-state index is -1.51. The normalized spacial score (nSPS) is 20.3. The topological polar surface area (TPSA) is 12.4 Å². The summed E-state index contributed by atoms with van der Waals surface area (Å²) in [6.07, 6.45) is 3.72. The van der Waals surface area contributed by atoms with Crippen LogP contribution in [0, 0.1) is 5.41 Å². The minimum Gasteiger partial charge on any atom is -0.285 e. The molecule has 0 fully saturated rings. The highest BCUT2D eigenvalue weighted by Crippen LogP contribution is 2.89. The zero-order valence-corrected chi connectivity index (χ0v) is 27.1. The van der Waals surface area contributed by atoms with Crippen LogP contribution < -0.4 is 0 Å². The second kappa shape index (κ2) is 9.49. The van der Waals surface area contributed by atoms with Gasteiger partial charge in [-0.2, -0.15) is 0 Å². The molecule has 3 heteroatoms. The van der Waals surface area contributed by atoms with E-state index in [4.69, 9.17) is 4.74 Å². The predicted molar refractivity (Wildman–Crippen MR) is 161 cm³/mol. The van der Waals surface area contributed by atoms with Crippen molar-refractivity contribution in [3.8, 4) is 0 Å². The van der Waals surface area contributed by atoms with E-state index in [1.807, 2.05) is 0 Å². The molecule has 1 aromatic carbocycles. The van der Waals surface area contributed by atoms with Crippen molar-refractivity contribution in [2.75, 3.05) is 0 Å². The fourth-order valence-electron chi connectivity index (χ4n) is 5.51. The quantitative estimate of drug-likeness (QED) is 0.342. The Bertz CT molecular complexity index is 935. The summed E-state index contributed by atoms with van der Waals surface area (Å²) < 4.78 is 5.87. The summed E-state index contributed by atoms with van der Waals surface area (Å²) in [5, 5.41) is 2.12. The molecule has 0 aromatic heterocycles. The van der Waals surface area contributed by atoms with Gasteiger partial charge in [-0.15, -0.1) is 0 Å². The van der Waals surface area contributed by atoms with Crippen LogP contribution in [0.1, 0.15) is 145 Å². The van der Waals surface area contributed by atoms with Crippen molar-refractivity contribution in [1.82, 2.24) is 0 Å². The first kappa shape index (κ1) is 29.8. The van der Waals surface area contributed by atoms with E-state index in [-0.39, 0.29) is 21.7 Å². The van der Waals surface area contributed by atoms with E-state index < -0.39 is 6.74 Å². The molecular weight excluding hydrogens is 448 g/mol. The fourth-order valence-corrected chi connectivity index (χ4v) is 16.2. The molecule has 0 spiro atoms. The van der Waals surface area contributed by atoms with Crippen LogP contribution in [0.15, 0.2) is 16.9 Å². The molecule has 1 nitrogen and oxygen atoms in total. The van der Waals surface area contributed by atoms with Gasteiger partial charge >= 0.3 is 0 Å². The van der Waals surface area contributed by atoms with Gasteiger partial charge in [0.15, 0.2) is 0 Å². The van der Waals surface area contributed by atoms with E-state index in [0.717, 1.165) is 6.54 Å². The third kappa shape index (κ3) is 5.62. The van der Waals surface area contributed by atoms with Gasteiger partial charge in [-0.1, -0.05) is 116 Å². The van der Waals surface area contributed by atoms with Gasteiger partial charge in [-0.05, 0) is 71.1 Å². The van der Waals surface area contributed by atoms with Crippen LogP contribution in [0.3, 0.4) is 0 Å². The van der Waals surface area contributed by atoms with Gasteiger partial charge in [0.25, 0.3) is 0 Å². The van der Waals surface area contributed by atoms with E-state index >= 15 is 0 Å². The Labute approximate surface area is 215 Å². The van der Waals surface area contributed by atoms with E-state index in [9.17, 15) is 0 Å². The van der Waals surface area contributed by atoms with Crippen molar-refractivity contribution in [2.45, 2.75) is 151 Å². The van der Waals surface area contributed by atoms with Gasteiger partial charge < -0.3 is 0 Å². The molecule has 0 aliphatic carbocycles. The second-order valence-corrected chi connectivity index (χ2v) is 20.9. The van der Waals surface area contributed by atoms with Gasteiger partial charge in [0.2, 0.25) is 0 Å². The van der Waals surface area contributed by atoms with Crippen molar-refractivity contribution >= 4 is 19.7 Å². The summed E-state index contributed by atoms with van der Waals surface area (Å²) in [5.41, 5.74) is 6.51. The Balaban J connectivity index is 2.85. The number of nitrogens with zero attached hydrogens (tertiary/aromatic N) is 1. The molecule has 1 atom stereocenters. The Hall–Kier alpha value is -0.380. The molecule has 0 saturated heterocycles. The van der Waals surface area contributed by atoms with Crippen molar-refractivity contribution in [3.05, 3.63) is 34.4 Å². The number of hydrogen-bond donors (Lipinski definition) is 0. The molecule has 1 unspecified atom stereocenters. The van der Waals surface area contributed by atoms with Gasteiger partial charge in [0.1, 0.15) is 0 Å². The molecule has 34 heavy (non-hydrogen) atoms. The van der Waals surface area contributed by atoms with Crippen LogP contribution in [0.2, 0.25) is 0 Å². The lowest BCUT2D eigenvalue weighted by Gasteiger charge is -2.37.